The van der Waals surface area contributed by atoms with Crippen molar-refractivity contribution in [2.75, 3.05) is 26.9 Å². The number of hydrogen-bond donors (Lipinski definition) is 2. The second-order valence-electron chi connectivity index (χ2n) is 4.02. The molecule has 3 atom stereocenters. The lowest BCUT2D eigenvalue weighted by molar-refractivity contribution is -0.147. The molecule has 0 aromatic rings. The van der Waals surface area contributed by atoms with Gasteiger partial charge in [0, 0.05) is 6.04 Å². The molecule has 1 fully saturated rings. The van der Waals surface area contributed by atoms with Crippen molar-refractivity contribution in [3.8, 4) is 0 Å². The van der Waals surface area contributed by atoms with Crippen LogP contribution in [-0.4, -0.2) is 50.8 Å². The van der Waals surface area contributed by atoms with Crippen molar-refractivity contribution in [1.82, 2.24) is 10.6 Å². The highest BCUT2D eigenvalue weighted by atomic mass is 16.5. The van der Waals surface area contributed by atoms with Crippen LogP contribution in [0.25, 0.3) is 0 Å². The van der Waals surface area contributed by atoms with Gasteiger partial charge in [-0.1, -0.05) is 0 Å². The normalized spacial score (nSPS) is 25.4. The van der Waals surface area contributed by atoms with Crippen molar-refractivity contribution >= 4 is 11.9 Å². The molecule has 0 bridgehead atoms. The van der Waals surface area contributed by atoms with E-state index in [1.807, 2.05) is 0 Å². The average molecular weight is 244 g/mol. The van der Waals surface area contributed by atoms with Gasteiger partial charge in [0.25, 0.3) is 0 Å². The highest BCUT2D eigenvalue weighted by molar-refractivity contribution is 5.86. The van der Waals surface area contributed by atoms with Gasteiger partial charge in [-0.15, -0.1) is 0 Å². The van der Waals surface area contributed by atoms with Gasteiger partial charge in [0.1, 0.15) is 6.04 Å². The maximum Gasteiger partial charge on any atom is 0.328 e. The molecular formula is C11H20N2O4. The van der Waals surface area contributed by atoms with E-state index in [-0.39, 0.29) is 17.9 Å². The molecule has 1 aliphatic heterocycles. The Morgan fingerprint density at radius 3 is 2.76 bits per heavy atom. The lowest BCUT2D eigenvalue weighted by Gasteiger charge is -2.19. The number of esters is 1. The average Bonchev–Trinajstić information content (AvgIpc) is 2.77. The molecule has 2 N–H and O–H groups in total. The quantitative estimate of drug-likeness (QED) is 0.625. The zero-order chi connectivity index (χ0) is 12.8. The summed E-state index contributed by atoms with van der Waals surface area (Å²) in [6.07, 6.45) is 0. The van der Waals surface area contributed by atoms with Crippen molar-refractivity contribution in [2.24, 2.45) is 5.92 Å². The number of rotatable bonds is 5. The topological polar surface area (TPSA) is 76.7 Å². The third-order valence-corrected chi connectivity index (χ3v) is 2.79. The molecule has 1 amide bonds. The Labute approximate surface area is 101 Å². The van der Waals surface area contributed by atoms with Gasteiger partial charge in [0.15, 0.2) is 0 Å². The summed E-state index contributed by atoms with van der Waals surface area (Å²) in [7, 11) is 1.79. The molecule has 0 spiro atoms. The Bertz CT molecular complexity index is 283. The van der Waals surface area contributed by atoms with Crippen LogP contribution in [0.1, 0.15) is 13.8 Å². The van der Waals surface area contributed by atoms with Crippen LogP contribution in [0.4, 0.5) is 0 Å². The van der Waals surface area contributed by atoms with E-state index in [2.05, 4.69) is 10.6 Å². The standard InChI is InChI=1S/C11H20N2O4/c1-4-17-11(15)7(2)13-10(14)8-5-16-6-9(8)12-3/h7-9,12H,4-6H2,1-3H3,(H,13,14). The minimum Gasteiger partial charge on any atom is -0.464 e. The third kappa shape index (κ3) is 3.67. The third-order valence-electron chi connectivity index (χ3n) is 2.79. The Hall–Kier alpha value is -1.14. The molecule has 1 aliphatic rings. The summed E-state index contributed by atoms with van der Waals surface area (Å²) in [6.45, 7) is 4.55. The summed E-state index contributed by atoms with van der Waals surface area (Å²) in [6, 6.07) is -0.620. The Morgan fingerprint density at radius 1 is 1.47 bits per heavy atom. The second kappa shape index (κ2) is 6.56. The second-order valence-corrected chi connectivity index (χ2v) is 4.02. The van der Waals surface area contributed by atoms with E-state index in [4.69, 9.17) is 9.47 Å². The van der Waals surface area contributed by atoms with Gasteiger partial charge in [-0.3, -0.25) is 4.79 Å². The lowest BCUT2D eigenvalue weighted by atomic mass is 10.0. The van der Waals surface area contributed by atoms with Crippen molar-refractivity contribution in [2.45, 2.75) is 25.9 Å². The molecule has 1 rings (SSSR count). The first kappa shape index (κ1) is 13.9. The molecule has 6 nitrogen and oxygen atoms in total. The Kier molecular flexibility index (Phi) is 5.37. The summed E-state index contributed by atoms with van der Waals surface area (Å²) < 4.78 is 10.1. The first-order valence-electron chi connectivity index (χ1n) is 5.82. The number of carbonyl (C=O) groups is 2. The van der Waals surface area contributed by atoms with Crippen LogP contribution < -0.4 is 10.6 Å². The summed E-state index contributed by atoms with van der Waals surface area (Å²) in [5, 5.41) is 5.66. The summed E-state index contributed by atoms with van der Waals surface area (Å²) in [5.74, 6) is -0.847. The van der Waals surface area contributed by atoms with Gasteiger partial charge >= 0.3 is 5.97 Å². The lowest BCUT2D eigenvalue weighted by Crippen LogP contribution is -2.47. The van der Waals surface area contributed by atoms with E-state index < -0.39 is 12.0 Å². The maximum absolute atomic E-state index is 11.9. The van der Waals surface area contributed by atoms with Crippen LogP contribution >= 0.6 is 0 Å². The van der Waals surface area contributed by atoms with E-state index in [9.17, 15) is 9.59 Å². The smallest absolute Gasteiger partial charge is 0.328 e. The van der Waals surface area contributed by atoms with E-state index in [1.54, 1.807) is 20.9 Å². The molecule has 98 valence electrons. The predicted octanol–water partition coefficient (Wildman–Crippen LogP) is -0.711. The molecule has 1 heterocycles. The van der Waals surface area contributed by atoms with Gasteiger partial charge in [0.05, 0.1) is 25.7 Å². The number of carbonyl (C=O) groups excluding carboxylic acids is 2. The van der Waals surface area contributed by atoms with Gasteiger partial charge in [-0.2, -0.15) is 0 Å². The highest BCUT2D eigenvalue weighted by Crippen LogP contribution is 2.13. The molecule has 0 saturated carbocycles. The first-order valence-corrected chi connectivity index (χ1v) is 5.82. The fourth-order valence-corrected chi connectivity index (χ4v) is 1.74. The Morgan fingerprint density at radius 2 is 2.18 bits per heavy atom. The minimum absolute atomic E-state index is 0.00407. The van der Waals surface area contributed by atoms with Crippen LogP contribution in [0.15, 0.2) is 0 Å². The van der Waals surface area contributed by atoms with Crippen molar-refractivity contribution in [3.05, 3.63) is 0 Å². The minimum atomic E-state index is -0.624. The number of likely N-dealkylation sites (N-methyl/N-ethyl adjacent to an activating group) is 1. The van der Waals surface area contributed by atoms with Gasteiger partial charge in [-0.25, -0.2) is 4.79 Å². The summed E-state index contributed by atoms with van der Waals surface area (Å²) in [5.41, 5.74) is 0. The number of amides is 1. The monoisotopic (exact) mass is 244 g/mol. The van der Waals surface area contributed by atoms with Crippen molar-refractivity contribution in [1.29, 1.82) is 0 Å². The number of hydrogen-bond acceptors (Lipinski definition) is 5. The van der Waals surface area contributed by atoms with Crippen LogP contribution in [-0.2, 0) is 19.1 Å². The van der Waals surface area contributed by atoms with Crippen molar-refractivity contribution in [3.63, 3.8) is 0 Å². The molecule has 17 heavy (non-hydrogen) atoms. The summed E-state index contributed by atoms with van der Waals surface area (Å²) >= 11 is 0. The highest BCUT2D eigenvalue weighted by Gasteiger charge is 2.34. The molecule has 0 aromatic carbocycles. The molecule has 0 aromatic heterocycles. The Balaban J connectivity index is 2.45. The zero-order valence-electron chi connectivity index (χ0n) is 10.5. The molecule has 1 saturated heterocycles. The zero-order valence-corrected chi connectivity index (χ0v) is 10.5. The fraction of sp³-hybridized carbons (Fsp3) is 0.818. The van der Waals surface area contributed by atoms with Gasteiger partial charge in [0.2, 0.25) is 5.91 Å². The van der Waals surface area contributed by atoms with E-state index in [0.29, 0.717) is 19.8 Å². The summed E-state index contributed by atoms with van der Waals surface area (Å²) in [4.78, 5) is 23.3. The predicted molar refractivity (Wildman–Crippen MR) is 61.4 cm³/mol. The molecule has 6 heteroatoms. The molecular weight excluding hydrogens is 224 g/mol. The molecule has 0 aliphatic carbocycles. The van der Waals surface area contributed by atoms with E-state index in [0.717, 1.165) is 0 Å². The fourth-order valence-electron chi connectivity index (χ4n) is 1.74. The molecule has 3 unspecified atom stereocenters. The van der Waals surface area contributed by atoms with Crippen LogP contribution in [0.3, 0.4) is 0 Å². The van der Waals surface area contributed by atoms with Crippen LogP contribution in [0, 0.1) is 5.92 Å². The van der Waals surface area contributed by atoms with E-state index in [1.165, 1.54) is 0 Å². The first-order chi connectivity index (χ1) is 8.10. The van der Waals surface area contributed by atoms with Gasteiger partial charge < -0.3 is 20.1 Å². The number of ether oxygens (including phenoxy) is 2. The maximum atomic E-state index is 11.9. The van der Waals surface area contributed by atoms with Crippen LogP contribution in [0.5, 0.6) is 0 Å². The van der Waals surface area contributed by atoms with Crippen molar-refractivity contribution < 1.29 is 19.1 Å². The SMILES string of the molecule is CCOC(=O)C(C)NC(=O)C1COCC1NC. The van der Waals surface area contributed by atoms with Crippen LogP contribution in [0.2, 0.25) is 0 Å². The van der Waals surface area contributed by atoms with Gasteiger partial charge in [-0.05, 0) is 20.9 Å². The molecule has 0 radical (unpaired) electrons. The number of nitrogens with one attached hydrogen (secondary N) is 2. The largest absolute Gasteiger partial charge is 0.464 e. The van der Waals surface area contributed by atoms with E-state index >= 15 is 0 Å².